The molecule has 0 saturated carbocycles. The summed E-state index contributed by atoms with van der Waals surface area (Å²) in [7, 11) is 1.60. The third-order valence-electron chi connectivity index (χ3n) is 5.50. The van der Waals surface area contributed by atoms with Gasteiger partial charge in [-0.05, 0) is 55.3 Å². The van der Waals surface area contributed by atoms with E-state index in [4.69, 9.17) is 16.3 Å². The zero-order valence-electron chi connectivity index (χ0n) is 19.1. The molecule has 6 nitrogen and oxygen atoms in total. The lowest BCUT2D eigenvalue weighted by molar-refractivity contribution is -0.117. The highest BCUT2D eigenvalue weighted by Crippen LogP contribution is 2.42. The monoisotopic (exact) mass is 503 g/mol. The summed E-state index contributed by atoms with van der Waals surface area (Å²) in [6, 6.07) is 23.7. The van der Waals surface area contributed by atoms with Crippen molar-refractivity contribution in [2.75, 3.05) is 17.3 Å². The number of para-hydroxylation sites is 1. The number of ether oxygens (including phenoxy) is 1. The van der Waals surface area contributed by atoms with E-state index in [1.807, 2.05) is 61.5 Å². The van der Waals surface area contributed by atoms with Crippen LogP contribution >= 0.6 is 23.4 Å². The molecule has 1 heterocycles. The molecule has 1 saturated heterocycles. The Morgan fingerprint density at radius 1 is 1.11 bits per heavy atom. The average molecular weight is 504 g/mol. The number of nitrogens with one attached hydrogen (secondary N) is 1. The van der Waals surface area contributed by atoms with Crippen LogP contribution in [0.1, 0.15) is 11.1 Å². The van der Waals surface area contributed by atoms with Crippen LogP contribution in [0.4, 0.5) is 11.4 Å². The summed E-state index contributed by atoms with van der Waals surface area (Å²) >= 11 is 7.40. The smallest absolute Gasteiger partial charge is 0.269 e. The second-order valence-corrected chi connectivity index (χ2v) is 9.49. The molecule has 3 aromatic rings. The van der Waals surface area contributed by atoms with E-state index in [-0.39, 0.29) is 11.5 Å². The molecule has 176 valence electrons. The molecule has 0 spiro atoms. The number of nitriles is 1. The molecule has 1 fully saturated rings. The largest absolute Gasteiger partial charge is 0.497 e. The van der Waals surface area contributed by atoms with Crippen LogP contribution in [0.5, 0.6) is 5.75 Å². The van der Waals surface area contributed by atoms with Crippen LogP contribution in [0.3, 0.4) is 0 Å². The maximum atomic E-state index is 13.6. The van der Waals surface area contributed by atoms with Gasteiger partial charge in [0.1, 0.15) is 22.4 Å². The molecular formula is C27H22ClN3O3S. The number of halogens is 1. The molecule has 1 aliphatic rings. The fourth-order valence-electron chi connectivity index (χ4n) is 3.64. The van der Waals surface area contributed by atoms with Crippen LogP contribution in [0.2, 0.25) is 5.02 Å². The molecule has 0 bridgehead atoms. The molecule has 1 aliphatic heterocycles. The minimum Gasteiger partial charge on any atom is -0.497 e. The number of methoxy groups -OCH3 is 1. The van der Waals surface area contributed by atoms with Crippen LogP contribution in [0, 0.1) is 18.3 Å². The van der Waals surface area contributed by atoms with Gasteiger partial charge in [-0.25, -0.2) is 0 Å². The Labute approximate surface area is 213 Å². The highest BCUT2D eigenvalue weighted by molar-refractivity contribution is 8.05. The Hall–Kier alpha value is -3.73. The Morgan fingerprint density at radius 2 is 1.80 bits per heavy atom. The summed E-state index contributed by atoms with van der Waals surface area (Å²) in [6.07, 6.45) is 0.435. The molecule has 1 N–H and O–H groups in total. The van der Waals surface area contributed by atoms with E-state index < -0.39 is 11.2 Å². The maximum Gasteiger partial charge on any atom is 0.269 e. The number of rotatable bonds is 6. The molecule has 3 aromatic carbocycles. The van der Waals surface area contributed by atoms with Crippen molar-refractivity contribution in [1.82, 2.24) is 0 Å². The minimum absolute atomic E-state index is 0.152. The Kier molecular flexibility index (Phi) is 7.45. The fraction of sp³-hybridized carbons (Fsp3) is 0.148. The molecule has 0 unspecified atom stereocenters. The summed E-state index contributed by atoms with van der Waals surface area (Å²) in [5.74, 6) is -0.0925. The van der Waals surface area contributed by atoms with Gasteiger partial charge in [-0.1, -0.05) is 65.3 Å². The number of hydrogen-bond acceptors (Lipinski definition) is 5. The van der Waals surface area contributed by atoms with Crippen LogP contribution in [0.15, 0.2) is 83.4 Å². The van der Waals surface area contributed by atoms with Crippen LogP contribution in [-0.4, -0.2) is 24.2 Å². The van der Waals surface area contributed by atoms with E-state index in [1.54, 1.807) is 31.4 Å². The van der Waals surface area contributed by atoms with Crippen molar-refractivity contribution in [2.24, 2.45) is 0 Å². The van der Waals surface area contributed by atoms with Crippen LogP contribution < -0.4 is 15.0 Å². The first-order valence-electron chi connectivity index (χ1n) is 10.8. The van der Waals surface area contributed by atoms with Crippen molar-refractivity contribution in [3.63, 3.8) is 0 Å². The topological polar surface area (TPSA) is 82.4 Å². The molecule has 8 heteroatoms. The lowest BCUT2D eigenvalue weighted by Gasteiger charge is -2.19. The lowest BCUT2D eigenvalue weighted by atomic mass is 10.1. The average Bonchev–Trinajstić information content (AvgIpc) is 3.17. The van der Waals surface area contributed by atoms with Crippen LogP contribution in [0.25, 0.3) is 0 Å². The number of aryl methyl sites for hydroxylation is 1. The van der Waals surface area contributed by atoms with Gasteiger partial charge in [0.05, 0.1) is 23.1 Å². The van der Waals surface area contributed by atoms with E-state index in [2.05, 4.69) is 5.32 Å². The highest BCUT2D eigenvalue weighted by Gasteiger charge is 2.40. The quantitative estimate of drug-likeness (QED) is 0.343. The van der Waals surface area contributed by atoms with Crippen molar-refractivity contribution < 1.29 is 14.3 Å². The summed E-state index contributed by atoms with van der Waals surface area (Å²) < 4.78 is 5.21. The van der Waals surface area contributed by atoms with Crippen molar-refractivity contribution in [2.45, 2.75) is 18.6 Å². The van der Waals surface area contributed by atoms with Crippen LogP contribution in [-0.2, 0) is 16.0 Å². The molecule has 1 atom stereocenters. The Morgan fingerprint density at radius 3 is 2.43 bits per heavy atom. The SMILES string of the molecule is COc1ccc(C[C@H]2S/C(=C(\C#N)C(=O)Nc3ccccc3Cl)N(c3ccc(C)cc3)C2=O)cc1. The molecule has 4 rings (SSSR count). The van der Waals surface area contributed by atoms with Gasteiger partial charge in [0, 0.05) is 5.69 Å². The van der Waals surface area contributed by atoms with E-state index in [9.17, 15) is 14.9 Å². The van der Waals surface area contributed by atoms with E-state index in [0.29, 0.717) is 27.8 Å². The van der Waals surface area contributed by atoms with Crippen molar-refractivity contribution >= 4 is 46.6 Å². The van der Waals surface area contributed by atoms with Gasteiger partial charge in [0.15, 0.2) is 0 Å². The Bertz CT molecular complexity index is 1330. The first-order chi connectivity index (χ1) is 16.9. The zero-order chi connectivity index (χ0) is 24.9. The number of hydrogen-bond donors (Lipinski definition) is 1. The first-order valence-corrected chi connectivity index (χ1v) is 12.1. The van der Waals surface area contributed by atoms with Crippen molar-refractivity contribution in [3.05, 3.63) is 99.5 Å². The zero-order valence-corrected chi connectivity index (χ0v) is 20.7. The number of thioether (sulfide) groups is 1. The summed E-state index contributed by atoms with van der Waals surface area (Å²) in [5.41, 5.74) is 2.81. The third kappa shape index (κ3) is 5.35. The van der Waals surface area contributed by atoms with Gasteiger partial charge >= 0.3 is 0 Å². The van der Waals surface area contributed by atoms with Gasteiger partial charge in [0.2, 0.25) is 5.91 Å². The molecule has 2 amide bonds. The van der Waals surface area contributed by atoms with Gasteiger partial charge < -0.3 is 10.1 Å². The maximum absolute atomic E-state index is 13.6. The fourth-order valence-corrected chi connectivity index (χ4v) is 5.13. The predicted octanol–water partition coefficient (Wildman–Crippen LogP) is 5.72. The van der Waals surface area contributed by atoms with E-state index in [1.165, 1.54) is 16.7 Å². The first kappa shape index (κ1) is 24.4. The number of benzene rings is 3. The number of carbonyl (C=O) groups is 2. The summed E-state index contributed by atoms with van der Waals surface area (Å²) in [5, 5.41) is 12.8. The minimum atomic E-state index is -0.627. The number of amides is 2. The van der Waals surface area contributed by atoms with Gasteiger partial charge in [-0.15, -0.1) is 0 Å². The third-order valence-corrected chi connectivity index (χ3v) is 7.09. The van der Waals surface area contributed by atoms with Gasteiger partial charge in [0.25, 0.3) is 5.91 Å². The molecule has 0 radical (unpaired) electrons. The molecule has 35 heavy (non-hydrogen) atoms. The number of anilines is 2. The predicted molar refractivity (Wildman–Crippen MR) is 139 cm³/mol. The van der Waals surface area contributed by atoms with Crippen molar-refractivity contribution in [1.29, 1.82) is 5.26 Å². The normalized spacial score (nSPS) is 16.6. The molecule has 0 aliphatic carbocycles. The van der Waals surface area contributed by atoms with Gasteiger partial charge in [-0.2, -0.15) is 5.26 Å². The van der Waals surface area contributed by atoms with Crippen molar-refractivity contribution in [3.8, 4) is 11.8 Å². The number of nitrogens with zero attached hydrogens (tertiary/aromatic N) is 2. The van der Waals surface area contributed by atoms with E-state index in [0.717, 1.165) is 16.9 Å². The summed E-state index contributed by atoms with van der Waals surface area (Å²) in [6.45, 7) is 1.95. The van der Waals surface area contributed by atoms with E-state index >= 15 is 0 Å². The van der Waals surface area contributed by atoms with Gasteiger partial charge in [-0.3, -0.25) is 14.5 Å². The number of carbonyl (C=O) groups excluding carboxylic acids is 2. The summed E-state index contributed by atoms with van der Waals surface area (Å²) in [4.78, 5) is 28.2. The Balaban J connectivity index is 1.71. The second kappa shape index (κ2) is 10.7. The highest BCUT2D eigenvalue weighted by atomic mass is 35.5. The standard InChI is InChI=1S/C27H22ClN3O3S/c1-17-7-11-19(12-8-17)31-26(33)24(15-18-9-13-20(34-2)14-10-18)35-27(31)21(16-29)25(32)30-23-6-4-3-5-22(23)28/h3-14,24H,15H2,1-2H3,(H,30,32)/b27-21+/t24-/m1/s1. The molecule has 0 aromatic heterocycles. The second-order valence-electron chi connectivity index (χ2n) is 7.89. The molecular weight excluding hydrogens is 482 g/mol. The lowest BCUT2D eigenvalue weighted by Crippen LogP contribution is -2.30.